The molecule has 0 aliphatic rings. The molecule has 110 valence electrons. The van der Waals surface area contributed by atoms with E-state index in [0.29, 0.717) is 22.5 Å². The Morgan fingerprint density at radius 2 is 1.77 bits per heavy atom. The number of hydrogen-bond acceptors (Lipinski definition) is 3. The van der Waals surface area contributed by atoms with Gasteiger partial charge in [-0.05, 0) is 23.8 Å². The zero-order chi connectivity index (χ0) is 15.5. The van der Waals surface area contributed by atoms with Crippen LogP contribution in [0.4, 0.5) is 5.69 Å². The predicted molar refractivity (Wildman–Crippen MR) is 89.6 cm³/mol. The summed E-state index contributed by atoms with van der Waals surface area (Å²) in [6.45, 7) is 0.463. The molecule has 1 aromatic heterocycles. The minimum atomic E-state index is -0.356. The Morgan fingerprint density at radius 1 is 1.00 bits per heavy atom. The van der Waals surface area contributed by atoms with E-state index in [2.05, 4.69) is 10.3 Å². The minimum Gasteiger partial charge on any atom is -0.376 e. The first-order valence-corrected chi connectivity index (χ1v) is 7.16. The number of rotatable bonds is 3. The summed E-state index contributed by atoms with van der Waals surface area (Å²) >= 11 is 5.91. The molecule has 0 atom stereocenters. The quantitative estimate of drug-likeness (QED) is 0.781. The molecule has 0 aliphatic carbocycles. The van der Waals surface area contributed by atoms with E-state index in [1.807, 2.05) is 30.3 Å². The first kappa shape index (κ1) is 14.4. The number of benzene rings is 2. The third-order valence-electron chi connectivity index (χ3n) is 3.34. The monoisotopic (exact) mass is 312 g/mol. The molecule has 0 spiro atoms. The summed E-state index contributed by atoms with van der Waals surface area (Å²) in [5.74, 6) is 0. The molecule has 0 unspecified atom stereocenters. The van der Waals surface area contributed by atoms with Crippen molar-refractivity contribution in [2.75, 3.05) is 5.32 Å². The Labute approximate surface area is 131 Å². The highest BCUT2D eigenvalue weighted by Crippen LogP contribution is 2.14. The lowest BCUT2D eigenvalue weighted by Gasteiger charge is -2.03. The van der Waals surface area contributed by atoms with Crippen LogP contribution >= 0.6 is 11.6 Å². The summed E-state index contributed by atoms with van der Waals surface area (Å²) in [4.78, 5) is 27.2. The summed E-state index contributed by atoms with van der Waals surface area (Å²) in [7, 11) is 0. The average Bonchev–Trinajstić information content (AvgIpc) is 2.62. The van der Waals surface area contributed by atoms with Crippen molar-refractivity contribution in [3.63, 3.8) is 0 Å². The van der Waals surface area contributed by atoms with Gasteiger partial charge in [-0.15, -0.1) is 0 Å². The Bertz CT molecular complexity index is 936. The van der Waals surface area contributed by atoms with Crippen LogP contribution in [0.1, 0.15) is 5.56 Å². The molecule has 0 aliphatic heterocycles. The van der Waals surface area contributed by atoms with Gasteiger partial charge in [0.1, 0.15) is 5.69 Å². The van der Waals surface area contributed by atoms with Crippen LogP contribution in [0, 0.1) is 0 Å². The minimum absolute atomic E-state index is 0.236. The van der Waals surface area contributed by atoms with Crippen molar-refractivity contribution in [1.29, 1.82) is 0 Å². The zero-order valence-electron chi connectivity index (χ0n) is 11.6. The van der Waals surface area contributed by atoms with E-state index < -0.39 is 0 Å². The summed E-state index contributed by atoms with van der Waals surface area (Å²) in [5, 5.41) is 3.89. The Kier molecular flexibility index (Phi) is 3.94. The van der Waals surface area contributed by atoms with E-state index in [1.54, 1.807) is 18.2 Å². The van der Waals surface area contributed by atoms with Crippen LogP contribution in [0.3, 0.4) is 0 Å². The zero-order valence-corrected chi connectivity index (χ0v) is 12.4. The molecule has 3 rings (SSSR count). The number of aromatic nitrogens is 1. The van der Waals surface area contributed by atoms with Crippen molar-refractivity contribution in [2.45, 2.75) is 6.54 Å². The van der Waals surface area contributed by atoms with Crippen molar-refractivity contribution in [2.24, 2.45) is 0 Å². The van der Waals surface area contributed by atoms with Crippen LogP contribution in [-0.2, 0) is 6.54 Å². The Hall–Kier alpha value is -2.59. The molecular formula is C17H13ClN2O2. The lowest BCUT2D eigenvalue weighted by atomic mass is 10.2. The third-order valence-corrected chi connectivity index (χ3v) is 3.58. The number of fused-ring (bicyclic) bond motifs is 1. The van der Waals surface area contributed by atoms with Crippen LogP contribution in [0.2, 0.25) is 5.02 Å². The van der Waals surface area contributed by atoms with Crippen molar-refractivity contribution in [1.82, 2.24) is 4.98 Å². The lowest BCUT2D eigenvalue weighted by molar-refractivity contribution is 1.13. The molecule has 0 saturated carbocycles. The van der Waals surface area contributed by atoms with Gasteiger partial charge >= 0.3 is 0 Å². The summed E-state index contributed by atoms with van der Waals surface area (Å²) in [6.07, 6.45) is 0. The Balaban J connectivity index is 2.04. The second kappa shape index (κ2) is 6.03. The number of anilines is 1. The van der Waals surface area contributed by atoms with Gasteiger partial charge in [0, 0.05) is 23.0 Å². The normalized spacial score (nSPS) is 10.6. The highest BCUT2D eigenvalue weighted by Gasteiger charge is 2.04. The van der Waals surface area contributed by atoms with Crippen LogP contribution < -0.4 is 16.3 Å². The third kappa shape index (κ3) is 3.02. The van der Waals surface area contributed by atoms with Gasteiger partial charge in [-0.2, -0.15) is 0 Å². The summed E-state index contributed by atoms with van der Waals surface area (Å²) < 4.78 is 0. The fourth-order valence-electron chi connectivity index (χ4n) is 2.22. The molecule has 1 heterocycles. The van der Waals surface area contributed by atoms with Crippen molar-refractivity contribution in [3.05, 3.63) is 85.8 Å². The molecule has 4 nitrogen and oxygen atoms in total. The SMILES string of the molecule is O=c1[nH]c2cc(Cl)ccc2c(=O)cc1NCc1ccccc1. The smallest absolute Gasteiger partial charge is 0.271 e. The van der Waals surface area contributed by atoms with E-state index in [0.717, 1.165) is 5.56 Å². The van der Waals surface area contributed by atoms with Gasteiger partial charge in [0.05, 0.1) is 5.52 Å². The molecule has 0 amide bonds. The fraction of sp³-hybridized carbons (Fsp3) is 0.0588. The largest absolute Gasteiger partial charge is 0.376 e. The number of aromatic amines is 1. The maximum atomic E-state index is 12.2. The molecule has 2 aromatic carbocycles. The maximum absolute atomic E-state index is 12.2. The highest BCUT2D eigenvalue weighted by molar-refractivity contribution is 6.31. The van der Waals surface area contributed by atoms with Gasteiger partial charge in [0.25, 0.3) is 5.56 Å². The van der Waals surface area contributed by atoms with Gasteiger partial charge in [-0.1, -0.05) is 41.9 Å². The number of H-pyrrole nitrogens is 1. The van der Waals surface area contributed by atoms with Crippen LogP contribution in [-0.4, -0.2) is 4.98 Å². The second-order valence-electron chi connectivity index (χ2n) is 4.91. The van der Waals surface area contributed by atoms with Gasteiger partial charge in [0.2, 0.25) is 0 Å². The van der Waals surface area contributed by atoms with E-state index >= 15 is 0 Å². The number of halogens is 1. The van der Waals surface area contributed by atoms with Crippen LogP contribution in [0.15, 0.2) is 64.2 Å². The van der Waals surface area contributed by atoms with Crippen molar-refractivity contribution >= 4 is 28.2 Å². The molecule has 3 aromatic rings. The van der Waals surface area contributed by atoms with Gasteiger partial charge in [0.15, 0.2) is 5.43 Å². The fourth-order valence-corrected chi connectivity index (χ4v) is 2.40. The predicted octanol–water partition coefficient (Wildman–Crippen LogP) is 3.15. The highest BCUT2D eigenvalue weighted by atomic mass is 35.5. The molecule has 0 fully saturated rings. The average molecular weight is 313 g/mol. The molecular weight excluding hydrogens is 300 g/mol. The van der Waals surface area contributed by atoms with E-state index in [1.165, 1.54) is 6.07 Å². The van der Waals surface area contributed by atoms with Crippen molar-refractivity contribution in [3.8, 4) is 0 Å². The second-order valence-corrected chi connectivity index (χ2v) is 5.34. The first-order chi connectivity index (χ1) is 10.6. The number of nitrogens with one attached hydrogen (secondary N) is 2. The molecule has 22 heavy (non-hydrogen) atoms. The van der Waals surface area contributed by atoms with Crippen LogP contribution in [0.25, 0.3) is 10.9 Å². The van der Waals surface area contributed by atoms with E-state index in [9.17, 15) is 9.59 Å². The topological polar surface area (TPSA) is 62.0 Å². The summed E-state index contributed by atoms with van der Waals surface area (Å²) in [6, 6.07) is 15.8. The van der Waals surface area contributed by atoms with Crippen LogP contribution in [0.5, 0.6) is 0 Å². The molecule has 2 N–H and O–H groups in total. The van der Waals surface area contributed by atoms with E-state index in [4.69, 9.17) is 11.6 Å². The molecule has 0 radical (unpaired) electrons. The Morgan fingerprint density at radius 3 is 2.55 bits per heavy atom. The first-order valence-electron chi connectivity index (χ1n) is 6.78. The lowest BCUT2D eigenvalue weighted by Crippen LogP contribution is -2.12. The summed E-state index contributed by atoms with van der Waals surface area (Å²) in [5.41, 5.74) is 1.09. The van der Waals surface area contributed by atoms with Gasteiger partial charge in [-0.25, -0.2) is 0 Å². The maximum Gasteiger partial charge on any atom is 0.271 e. The van der Waals surface area contributed by atoms with Gasteiger partial charge in [-0.3, -0.25) is 9.59 Å². The molecule has 0 bridgehead atoms. The standard InChI is InChI=1S/C17H13ClN2O2/c18-12-6-7-13-14(8-12)20-17(22)15(9-16(13)21)19-10-11-4-2-1-3-5-11/h1-9,19H,10H2,(H,20,22). The molecule has 0 saturated heterocycles. The van der Waals surface area contributed by atoms with Gasteiger partial charge < -0.3 is 10.3 Å². The molecule has 5 heteroatoms. The number of hydrogen-bond donors (Lipinski definition) is 2. The van der Waals surface area contributed by atoms with Crippen molar-refractivity contribution < 1.29 is 0 Å². The van der Waals surface area contributed by atoms with E-state index in [-0.39, 0.29) is 16.7 Å².